The predicted molar refractivity (Wildman–Crippen MR) is 130 cm³/mol. The van der Waals surface area contributed by atoms with Gasteiger partial charge < -0.3 is 9.73 Å². The summed E-state index contributed by atoms with van der Waals surface area (Å²) in [7, 11) is -3.53. The highest BCUT2D eigenvalue weighted by Gasteiger charge is 2.22. The van der Waals surface area contributed by atoms with E-state index in [0.29, 0.717) is 18.7 Å². The van der Waals surface area contributed by atoms with Gasteiger partial charge in [-0.1, -0.05) is 43.3 Å². The number of nitrogens with one attached hydrogen (secondary N) is 1. The van der Waals surface area contributed by atoms with Crippen molar-refractivity contribution in [2.45, 2.75) is 44.7 Å². The van der Waals surface area contributed by atoms with E-state index in [-0.39, 0.29) is 27.7 Å². The molecule has 10 heteroatoms. The number of hydrogen-bond donors (Lipinski definition) is 1. The van der Waals surface area contributed by atoms with E-state index in [4.69, 9.17) is 4.42 Å². The molecule has 0 unspecified atom stereocenters. The van der Waals surface area contributed by atoms with Crippen molar-refractivity contribution < 1.29 is 17.6 Å². The van der Waals surface area contributed by atoms with Crippen LogP contribution in [0.2, 0.25) is 0 Å². The zero-order valence-electron chi connectivity index (χ0n) is 19.4. The molecule has 8 nitrogen and oxygen atoms in total. The van der Waals surface area contributed by atoms with Crippen LogP contribution in [0.1, 0.15) is 30.5 Å². The van der Waals surface area contributed by atoms with Crippen molar-refractivity contribution in [3.8, 4) is 11.5 Å². The van der Waals surface area contributed by atoms with E-state index in [2.05, 4.69) is 15.5 Å². The highest BCUT2D eigenvalue weighted by atomic mass is 32.2. The average molecular weight is 489 g/mol. The molecule has 0 aliphatic heterocycles. The summed E-state index contributed by atoms with van der Waals surface area (Å²) in [5.41, 5.74) is 4.59. The predicted octanol–water partition coefficient (Wildman–Crippen LogP) is 4.42. The number of hydrogen-bond acceptors (Lipinski definition) is 7. The molecule has 176 valence electrons. The molecule has 0 saturated heterocycles. The molecule has 1 amide bonds. The first kappa shape index (κ1) is 24.9. The van der Waals surface area contributed by atoms with Crippen molar-refractivity contribution in [3.05, 3.63) is 53.1 Å². The lowest BCUT2D eigenvalue weighted by atomic mass is 10.1. The van der Waals surface area contributed by atoms with Gasteiger partial charge in [0.05, 0.1) is 10.6 Å². The van der Waals surface area contributed by atoms with Crippen LogP contribution >= 0.6 is 11.8 Å². The molecule has 0 spiro atoms. The normalized spacial score (nSPS) is 11.7. The number of thioether (sulfide) groups is 1. The second-order valence-corrected chi connectivity index (χ2v) is 10.5. The van der Waals surface area contributed by atoms with E-state index in [0.717, 1.165) is 34.1 Å². The van der Waals surface area contributed by atoms with Crippen molar-refractivity contribution in [1.82, 2.24) is 14.5 Å². The monoisotopic (exact) mass is 488 g/mol. The second-order valence-electron chi connectivity index (χ2n) is 7.60. The third-order valence-electron chi connectivity index (χ3n) is 5.12. The highest BCUT2D eigenvalue weighted by Crippen LogP contribution is 2.26. The van der Waals surface area contributed by atoms with Crippen molar-refractivity contribution in [2.24, 2.45) is 0 Å². The maximum atomic E-state index is 12.6. The molecule has 0 radical (unpaired) electrons. The summed E-state index contributed by atoms with van der Waals surface area (Å²) < 4.78 is 32.3. The fourth-order valence-corrected chi connectivity index (χ4v) is 5.57. The quantitative estimate of drug-likeness (QED) is 0.444. The Morgan fingerprint density at radius 2 is 1.64 bits per heavy atom. The van der Waals surface area contributed by atoms with Crippen LogP contribution in [0.3, 0.4) is 0 Å². The molecule has 0 fully saturated rings. The topological polar surface area (TPSA) is 105 Å². The van der Waals surface area contributed by atoms with Crippen LogP contribution in [0.15, 0.2) is 50.9 Å². The summed E-state index contributed by atoms with van der Waals surface area (Å²) >= 11 is 1.14. The van der Waals surface area contributed by atoms with Crippen LogP contribution < -0.4 is 5.32 Å². The number of aryl methyl sites for hydroxylation is 3. The number of carbonyl (C=O) groups is 1. The molecule has 0 aliphatic rings. The van der Waals surface area contributed by atoms with Crippen LogP contribution in [0.25, 0.3) is 11.5 Å². The number of nitrogens with zero attached hydrogens (tertiary/aromatic N) is 3. The molecular formula is C23H28N4O4S2. The number of carbonyl (C=O) groups excluding carboxylic acids is 1. The van der Waals surface area contributed by atoms with Crippen molar-refractivity contribution in [2.75, 3.05) is 24.2 Å². The lowest BCUT2D eigenvalue weighted by Crippen LogP contribution is -2.30. The van der Waals surface area contributed by atoms with Crippen molar-refractivity contribution >= 4 is 33.4 Å². The number of anilines is 1. The summed E-state index contributed by atoms with van der Waals surface area (Å²) in [4.78, 5) is 12.6. The van der Waals surface area contributed by atoms with Gasteiger partial charge in [0.15, 0.2) is 0 Å². The van der Waals surface area contributed by atoms with Gasteiger partial charge in [-0.25, -0.2) is 8.42 Å². The molecule has 1 N–H and O–H groups in total. The Bertz CT molecular complexity index is 1210. The molecule has 0 saturated carbocycles. The van der Waals surface area contributed by atoms with Crippen LogP contribution in [0.5, 0.6) is 0 Å². The third-order valence-corrected chi connectivity index (χ3v) is 8.00. The Kier molecular flexibility index (Phi) is 7.93. The minimum absolute atomic E-state index is 0.120. The Labute approximate surface area is 198 Å². The number of sulfonamides is 1. The number of benzene rings is 2. The van der Waals surface area contributed by atoms with Gasteiger partial charge in [0.2, 0.25) is 21.8 Å². The SMILES string of the molecule is CCN(CC)S(=O)(=O)c1ccc(-c2nnc(SCC(=O)Nc3c(C)cc(C)cc3C)o2)cc1. The average Bonchev–Trinajstić information content (AvgIpc) is 3.24. The molecule has 1 aromatic heterocycles. The summed E-state index contributed by atoms with van der Waals surface area (Å²) in [5, 5.41) is 11.2. The molecule has 0 bridgehead atoms. The Morgan fingerprint density at radius 1 is 1.03 bits per heavy atom. The van der Waals surface area contributed by atoms with Gasteiger partial charge >= 0.3 is 0 Å². The zero-order chi connectivity index (χ0) is 24.2. The third kappa shape index (κ3) is 5.82. The number of rotatable bonds is 9. The van der Waals surface area contributed by atoms with E-state index in [1.165, 1.54) is 16.4 Å². The summed E-state index contributed by atoms with van der Waals surface area (Å²) in [6, 6.07) is 10.4. The molecular weight excluding hydrogens is 460 g/mol. The van der Waals surface area contributed by atoms with Crippen LogP contribution in [0, 0.1) is 20.8 Å². The fourth-order valence-electron chi connectivity index (χ4n) is 3.55. The van der Waals surface area contributed by atoms with Crippen molar-refractivity contribution in [1.29, 1.82) is 0 Å². The van der Waals surface area contributed by atoms with Crippen molar-refractivity contribution in [3.63, 3.8) is 0 Å². The smallest absolute Gasteiger partial charge is 0.277 e. The maximum absolute atomic E-state index is 12.6. The molecule has 3 rings (SSSR count). The van der Waals surface area contributed by atoms with E-state index < -0.39 is 10.0 Å². The van der Waals surface area contributed by atoms with Gasteiger partial charge in [0.25, 0.3) is 5.22 Å². The number of aromatic nitrogens is 2. The number of amides is 1. The second kappa shape index (κ2) is 10.5. The fraction of sp³-hybridized carbons (Fsp3) is 0.348. The van der Waals surface area contributed by atoms with Gasteiger partial charge in [0, 0.05) is 24.3 Å². The van der Waals surface area contributed by atoms with E-state index in [1.54, 1.807) is 26.0 Å². The van der Waals surface area contributed by atoms with E-state index in [9.17, 15) is 13.2 Å². The minimum atomic E-state index is -3.53. The van der Waals surface area contributed by atoms with Gasteiger partial charge in [-0.3, -0.25) is 4.79 Å². The van der Waals surface area contributed by atoms with Gasteiger partial charge in [0.1, 0.15) is 0 Å². The zero-order valence-corrected chi connectivity index (χ0v) is 21.0. The lowest BCUT2D eigenvalue weighted by Gasteiger charge is -2.18. The Hall–Kier alpha value is -2.69. The first-order valence-corrected chi connectivity index (χ1v) is 13.0. The van der Waals surface area contributed by atoms with Crippen LogP contribution in [-0.4, -0.2) is 47.7 Å². The Morgan fingerprint density at radius 3 is 2.21 bits per heavy atom. The van der Waals surface area contributed by atoms with Crippen LogP contribution in [0.4, 0.5) is 5.69 Å². The first-order valence-electron chi connectivity index (χ1n) is 10.6. The van der Waals surface area contributed by atoms with E-state index >= 15 is 0 Å². The first-order chi connectivity index (χ1) is 15.6. The summed E-state index contributed by atoms with van der Waals surface area (Å²) in [6.07, 6.45) is 0. The molecule has 2 aromatic carbocycles. The van der Waals surface area contributed by atoms with Gasteiger partial charge in [-0.05, 0) is 56.2 Å². The summed E-state index contributed by atoms with van der Waals surface area (Å²) in [5.74, 6) is 0.214. The largest absolute Gasteiger partial charge is 0.411 e. The van der Waals surface area contributed by atoms with Gasteiger partial charge in [-0.15, -0.1) is 10.2 Å². The Balaban J connectivity index is 1.64. The highest BCUT2D eigenvalue weighted by molar-refractivity contribution is 7.99. The minimum Gasteiger partial charge on any atom is -0.411 e. The van der Waals surface area contributed by atoms with E-state index in [1.807, 2.05) is 32.9 Å². The molecule has 33 heavy (non-hydrogen) atoms. The lowest BCUT2D eigenvalue weighted by molar-refractivity contribution is -0.113. The molecule has 0 atom stereocenters. The molecule has 1 heterocycles. The van der Waals surface area contributed by atoms with Crippen LogP contribution in [-0.2, 0) is 14.8 Å². The maximum Gasteiger partial charge on any atom is 0.277 e. The van der Waals surface area contributed by atoms with Gasteiger partial charge in [-0.2, -0.15) is 4.31 Å². The molecule has 3 aromatic rings. The molecule has 0 aliphatic carbocycles. The summed E-state index contributed by atoms with van der Waals surface area (Å²) in [6.45, 7) is 10.4. The standard InChI is InChI=1S/C23H28N4O4S2/c1-6-27(7-2)33(29,30)19-10-8-18(9-11-19)22-25-26-23(31-22)32-14-20(28)24-21-16(4)12-15(3)13-17(21)5/h8-13H,6-7,14H2,1-5H3,(H,24,28).